The topological polar surface area (TPSA) is 68.2 Å². The van der Waals surface area contributed by atoms with Gasteiger partial charge in [-0.05, 0) is 0 Å². The molecule has 3 heterocycles. The molecule has 1 aromatic carbocycles. The van der Waals surface area contributed by atoms with Crippen LogP contribution < -0.4 is 4.74 Å². The van der Waals surface area contributed by atoms with Crippen molar-refractivity contribution in [3.05, 3.63) is 60.0 Å². The van der Waals surface area contributed by atoms with Gasteiger partial charge in [0, 0.05) is 36.3 Å². The first kappa shape index (κ1) is 15.7. The fourth-order valence-corrected chi connectivity index (χ4v) is 3.57. The van der Waals surface area contributed by atoms with E-state index in [1.807, 2.05) is 35.7 Å². The highest BCUT2D eigenvalue weighted by atomic mass is 32.1. The molecule has 6 nitrogen and oxygen atoms in total. The first-order valence-corrected chi connectivity index (χ1v) is 8.90. The van der Waals surface area contributed by atoms with E-state index in [4.69, 9.17) is 4.74 Å². The van der Waals surface area contributed by atoms with Gasteiger partial charge in [0.15, 0.2) is 0 Å². The lowest BCUT2D eigenvalue weighted by Gasteiger charge is -2.15. The Kier molecular flexibility index (Phi) is 4.39. The molecule has 0 radical (unpaired) electrons. The Bertz CT molecular complexity index is 854. The van der Waals surface area contributed by atoms with Crippen LogP contribution in [0.5, 0.6) is 5.88 Å². The van der Waals surface area contributed by atoms with Gasteiger partial charge < -0.3 is 9.64 Å². The number of hydrogen-bond donors (Lipinski definition) is 0. The van der Waals surface area contributed by atoms with Crippen LogP contribution >= 0.6 is 11.3 Å². The highest BCUT2D eigenvalue weighted by molar-refractivity contribution is 7.13. The number of carbonyl (C=O) groups excluding carboxylic acids is 1. The van der Waals surface area contributed by atoms with E-state index in [0.29, 0.717) is 24.7 Å². The van der Waals surface area contributed by atoms with Crippen molar-refractivity contribution >= 4 is 17.2 Å². The molecule has 1 amide bonds. The van der Waals surface area contributed by atoms with Gasteiger partial charge in [-0.25, -0.2) is 9.97 Å². The van der Waals surface area contributed by atoms with Crippen molar-refractivity contribution in [3.63, 3.8) is 0 Å². The fraction of sp³-hybridized carbons (Fsp3) is 0.222. The lowest BCUT2D eigenvalue weighted by Crippen LogP contribution is -2.31. The van der Waals surface area contributed by atoms with E-state index < -0.39 is 0 Å². The van der Waals surface area contributed by atoms with Crippen LogP contribution in [0.1, 0.15) is 16.9 Å². The van der Waals surface area contributed by atoms with Crippen LogP contribution in [0.2, 0.25) is 0 Å². The normalized spacial score (nSPS) is 16.8. The third-order valence-electron chi connectivity index (χ3n) is 4.00. The number of ether oxygens (including phenoxy) is 1. The number of thiazole rings is 1. The van der Waals surface area contributed by atoms with E-state index in [9.17, 15) is 4.79 Å². The third kappa shape index (κ3) is 3.51. The van der Waals surface area contributed by atoms with Gasteiger partial charge in [-0.3, -0.25) is 9.78 Å². The smallest absolute Gasteiger partial charge is 0.273 e. The van der Waals surface area contributed by atoms with E-state index in [0.717, 1.165) is 17.0 Å². The maximum absolute atomic E-state index is 12.7. The van der Waals surface area contributed by atoms with Crippen molar-refractivity contribution in [2.75, 3.05) is 13.1 Å². The first-order chi connectivity index (χ1) is 12.3. The quantitative estimate of drug-likeness (QED) is 0.722. The Morgan fingerprint density at radius 3 is 2.92 bits per heavy atom. The molecule has 25 heavy (non-hydrogen) atoms. The maximum atomic E-state index is 12.7. The molecule has 0 saturated carbocycles. The summed E-state index contributed by atoms with van der Waals surface area (Å²) in [5.74, 6) is 0.436. The van der Waals surface area contributed by atoms with Gasteiger partial charge in [0.25, 0.3) is 5.91 Å². The molecular weight excluding hydrogens is 336 g/mol. The highest BCUT2D eigenvalue weighted by Gasteiger charge is 2.29. The Hall–Kier alpha value is -2.80. The average Bonchev–Trinajstić information content (AvgIpc) is 3.33. The Labute approximate surface area is 149 Å². The maximum Gasteiger partial charge on any atom is 0.273 e. The molecule has 1 unspecified atom stereocenters. The molecule has 7 heteroatoms. The third-order valence-corrected chi connectivity index (χ3v) is 4.89. The summed E-state index contributed by atoms with van der Waals surface area (Å²) in [5.41, 5.74) is 1.51. The van der Waals surface area contributed by atoms with Crippen LogP contribution in [0.15, 0.2) is 54.3 Å². The van der Waals surface area contributed by atoms with Crippen molar-refractivity contribution in [1.29, 1.82) is 0 Å². The molecule has 1 fully saturated rings. The minimum Gasteiger partial charge on any atom is -0.471 e. The Balaban J connectivity index is 1.41. The lowest BCUT2D eigenvalue weighted by molar-refractivity contribution is 0.0766. The number of hydrogen-bond acceptors (Lipinski definition) is 6. The number of likely N-dealkylation sites (tertiary alicyclic amines) is 1. The molecule has 0 aliphatic carbocycles. The Morgan fingerprint density at radius 1 is 1.24 bits per heavy atom. The number of rotatable bonds is 4. The standard InChI is InChI=1S/C18H16N4O2S/c23-18(15-12-25-17(21-15)13-4-2-1-3-5-13)22-9-6-14(11-22)24-16-10-19-7-8-20-16/h1-5,7-8,10,12,14H,6,9,11H2. The summed E-state index contributed by atoms with van der Waals surface area (Å²) in [6, 6.07) is 9.88. The van der Waals surface area contributed by atoms with Crippen LogP contribution in [0, 0.1) is 0 Å². The molecule has 2 aromatic heterocycles. The molecule has 1 aliphatic rings. The molecule has 1 aliphatic heterocycles. The van der Waals surface area contributed by atoms with Gasteiger partial charge in [0.1, 0.15) is 16.8 Å². The lowest BCUT2D eigenvalue weighted by atomic mass is 10.2. The van der Waals surface area contributed by atoms with Gasteiger partial charge in [-0.1, -0.05) is 30.3 Å². The summed E-state index contributed by atoms with van der Waals surface area (Å²) in [6.45, 7) is 1.19. The van der Waals surface area contributed by atoms with E-state index in [2.05, 4.69) is 15.0 Å². The van der Waals surface area contributed by atoms with Crippen molar-refractivity contribution in [2.45, 2.75) is 12.5 Å². The molecule has 0 bridgehead atoms. The highest BCUT2D eigenvalue weighted by Crippen LogP contribution is 2.25. The zero-order chi connectivity index (χ0) is 17.1. The van der Waals surface area contributed by atoms with Gasteiger partial charge >= 0.3 is 0 Å². The van der Waals surface area contributed by atoms with Crippen LogP contribution in [-0.2, 0) is 0 Å². The van der Waals surface area contributed by atoms with Gasteiger partial charge in [-0.15, -0.1) is 11.3 Å². The SMILES string of the molecule is O=C(c1csc(-c2ccccc2)n1)N1CCC(Oc2cnccn2)C1. The summed E-state index contributed by atoms with van der Waals surface area (Å²) in [7, 11) is 0. The van der Waals surface area contributed by atoms with Crippen LogP contribution in [0.3, 0.4) is 0 Å². The molecule has 1 atom stereocenters. The molecule has 3 aromatic rings. The number of nitrogens with zero attached hydrogens (tertiary/aromatic N) is 4. The van der Waals surface area contributed by atoms with E-state index in [1.54, 1.807) is 23.5 Å². The zero-order valence-corrected chi connectivity index (χ0v) is 14.2. The van der Waals surface area contributed by atoms with Gasteiger partial charge in [-0.2, -0.15) is 0 Å². The predicted octanol–water partition coefficient (Wildman–Crippen LogP) is 2.89. The number of carbonyl (C=O) groups is 1. The largest absolute Gasteiger partial charge is 0.471 e. The second-order valence-electron chi connectivity index (χ2n) is 5.73. The Morgan fingerprint density at radius 2 is 2.12 bits per heavy atom. The van der Waals surface area contributed by atoms with Crippen LogP contribution in [-0.4, -0.2) is 45.0 Å². The van der Waals surface area contributed by atoms with E-state index in [1.165, 1.54) is 11.3 Å². The molecule has 0 N–H and O–H groups in total. The fourth-order valence-electron chi connectivity index (χ4n) is 2.77. The van der Waals surface area contributed by atoms with E-state index in [-0.39, 0.29) is 12.0 Å². The molecule has 4 rings (SSSR count). The van der Waals surface area contributed by atoms with Crippen molar-refractivity contribution in [3.8, 4) is 16.5 Å². The van der Waals surface area contributed by atoms with Gasteiger partial charge in [0.05, 0.1) is 12.7 Å². The zero-order valence-electron chi connectivity index (χ0n) is 13.4. The first-order valence-electron chi connectivity index (χ1n) is 8.02. The monoisotopic (exact) mass is 352 g/mol. The summed E-state index contributed by atoms with van der Waals surface area (Å²) >= 11 is 1.49. The van der Waals surface area contributed by atoms with Crippen LogP contribution in [0.4, 0.5) is 0 Å². The van der Waals surface area contributed by atoms with Crippen molar-refractivity contribution in [2.24, 2.45) is 0 Å². The molecule has 126 valence electrons. The van der Waals surface area contributed by atoms with Crippen molar-refractivity contribution < 1.29 is 9.53 Å². The summed E-state index contributed by atoms with van der Waals surface area (Å²) in [4.78, 5) is 27.0. The predicted molar refractivity (Wildman–Crippen MR) is 94.5 cm³/mol. The average molecular weight is 352 g/mol. The van der Waals surface area contributed by atoms with Gasteiger partial charge in [0.2, 0.25) is 5.88 Å². The minimum absolute atomic E-state index is 0.0522. The summed E-state index contributed by atoms with van der Waals surface area (Å²) < 4.78 is 5.78. The number of amides is 1. The molecule has 0 spiro atoms. The summed E-state index contributed by atoms with van der Waals surface area (Å²) in [5, 5.41) is 2.68. The number of aromatic nitrogens is 3. The molecular formula is C18H16N4O2S. The van der Waals surface area contributed by atoms with E-state index >= 15 is 0 Å². The minimum atomic E-state index is -0.0621. The second kappa shape index (κ2) is 6.98. The summed E-state index contributed by atoms with van der Waals surface area (Å²) in [6.07, 6.45) is 5.49. The van der Waals surface area contributed by atoms with Crippen molar-refractivity contribution in [1.82, 2.24) is 19.9 Å². The number of benzene rings is 1. The van der Waals surface area contributed by atoms with Crippen LogP contribution in [0.25, 0.3) is 10.6 Å². The molecule has 1 saturated heterocycles. The second-order valence-corrected chi connectivity index (χ2v) is 6.59.